The van der Waals surface area contributed by atoms with Crippen LogP contribution in [0.2, 0.25) is 0 Å². The SMILES string of the molecule is CCCCCCCCCCCCOC(=O)C(O)CN(C)CCCN(C)CCCN(C)CC(O)C(=O)OCCCCCCCCCCCC. The summed E-state index contributed by atoms with van der Waals surface area (Å²) < 4.78 is 10.6. The lowest BCUT2D eigenvalue weighted by Gasteiger charge is -2.23. The lowest BCUT2D eigenvalue weighted by atomic mass is 10.1. The highest BCUT2D eigenvalue weighted by Gasteiger charge is 2.20. The van der Waals surface area contributed by atoms with Gasteiger partial charge in [0.2, 0.25) is 0 Å². The standard InChI is InChI=1S/C39H79N3O6/c1-6-8-10-12-14-16-18-20-22-24-32-47-38(45)36(43)34-41(4)30-26-28-40(3)29-27-31-42(5)35-37(44)39(46)48-33-25-23-21-19-17-15-13-11-9-7-2/h36-37,43-44H,6-35H2,1-5H3. The number of rotatable bonds is 36. The van der Waals surface area contributed by atoms with E-state index in [1.54, 1.807) is 0 Å². The molecular weight excluding hydrogens is 606 g/mol. The van der Waals surface area contributed by atoms with Gasteiger partial charge in [0.05, 0.1) is 13.2 Å². The number of likely N-dealkylation sites (N-methyl/N-ethyl adjacent to an activating group) is 2. The van der Waals surface area contributed by atoms with Gasteiger partial charge in [0.25, 0.3) is 0 Å². The lowest BCUT2D eigenvalue weighted by molar-refractivity contribution is -0.155. The zero-order valence-corrected chi connectivity index (χ0v) is 32.2. The van der Waals surface area contributed by atoms with Crippen molar-refractivity contribution in [1.29, 1.82) is 0 Å². The summed E-state index contributed by atoms with van der Waals surface area (Å²) >= 11 is 0. The van der Waals surface area contributed by atoms with Crippen LogP contribution in [0.5, 0.6) is 0 Å². The van der Waals surface area contributed by atoms with Gasteiger partial charge in [0, 0.05) is 13.1 Å². The van der Waals surface area contributed by atoms with E-state index in [0.717, 1.165) is 64.7 Å². The Morgan fingerprint density at radius 3 is 1.02 bits per heavy atom. The van der Waals surface area contributed by atoms with Crippen LogP contribution in [0, 0.1) is 0 Å². The fourth-order valence-corrected chi connectivity index (χ4v) is 5.97. The first kappa shape index (κ1) is 46.7. The van der Waals surface area contributed by atoms with Gasteiger partial charge in [-0.25, -0.2) is 9.59 Å². The molecule has 0 aliphatic heterocycles. The first-order valence-corrected chi connectivity index (χ1v) is 20.0. The molecule has 0 radical (unpaired) electrons. The fraction of sp³-hybridized carbons (Fsp3) is 0.949. The van der Waals surface area contributed by atoms with Crippen molar-refractivity contribution in [3.8, 4) is 0 Å². The van der Waals surface area contributed by atoms with Crippen molar-refractivity contribution in [2.24, 2.45) is 0 Å². The summed E-state index contributed by atoms with van der Waals surface area (Å²) in [6.07, 6.45) is 24.3. The molecule has 0 amide bonds. The summed E-state index contributed by atoms with van der Waals surface area (Å²) in [5, 5.41) is 20.5. The number of aliphatic hydroxyl groups excluding tert-OH is 2. The molecule has 286 valence electrons. The number of esters is 2. The minimum absolute atomic E-state index is 0.273. The monoisotopic (exact) mass is 686 g/mol. The predicted octanol–water partition coefficient (Wildman–Crippen LogP) is 7.21. The maximum absolute atomic E-state index is 12.2. The molecule has 0 aromatic heterocycles. The van der Waals surface area contributed by atoms with Crippen molar-refractivity contribution in [3.63, 3.8) is 0 Å². The molecule has 9 heteroatoms. The zero-order valence-electron chi connectivity index (χ0n) is 32.2. The second-order valence-corrected chi connectivity index (χ2v) is 14.3. The van der Waals surface area contributed by atoms with E-state index in [0.29, 0.717) is 13.2 Å². The maximum atomic E-state index is 12.2. The Bertz CT molecular complexity index is 670. The zero-order chi connectivity index (χ0) is 35.7. The average Bonchev–Trinajstić information content (AvgIpc) is 3.05. The summed E-state index contributed by atoms with van der Waals surface area (Å²) in [4.78, 5) is 30.6. The molecule has 2 unspecified atom stereocenters. The van der Waals surface area contributed by atoms with Crippen LogP contribution in [0.15, 0.2) is 0 Å². The van der Waals surface area contributed by atoms with E-state index >= 15 is 0 Å². The Balaban J connectivity index is 3.77. The first-order valence-electron chi connectivity index (χ1n) is 20.0. The summed E-state index contributed by atoms with van der Waals surface area (Å²) in [5.41, 5.74) is 0. The first-order chi connectivity index (χ1) is 23.2. The minimum atomic E-state index is -1.11. The molecule has 2 N–H and O–H groups in total. The van der Waals surface area contributed by atoms with Crippen LogP contribution in [0.25, 0.3) is 0 Å². The van der Waals surface area contributed by atoms with Gasteiger partial charge in [0.15, 0.2) is 12.2 Å². The quantitative estimate of drug-likeness (QED) is 0.0523. The average molecular weight is 686 g/mol. The van der Waals surface area contributed by atoms with Crippen LogP contribution in [-0.4, -0.2) is 123 Å². The second-order valence-electron chi connectivity index (χ2n) is 14.3. The third-order valence-corrected chi connectivity index (χ3v) is 9.16. The van der Waals surface area contributed by atoms with E-state index < -0.39 is 24.1 Å². The highest BCUT2D eigenvalue weighted by atomic mass is 16.6. The highest BCUT2D eigenvalue weighted by Crippen LogP contribution is 2.12. The van der Waals surface area contributed by atoms with Gasteiger partial charge in [-0.15, -0.1) is 0 Å². The predicted molar refractivity (Wildman–Crippen MR) is 199 cm³/mol. The molecule has 0 aromatic carbocycles. The van der Waals surface area contributed by atoms with Gasteiger partial charge in [-0.05, 0) is 73.0 Å². The molecule has 2 atom stereocenters. The summed E-state index contributed by atoms with van der Waals surface area (Å²) in [6, 6.07) is 0. The highest BCUT2D eigenvalue weighted by molar-refractivity contribution is 5.75. The van der Waals surface area contributed by atoms with Crippen LogP contribution in [0.3, 0.4) is 0 Å². The minimum Gasteiger partial charge on any atom is -0.464 e. The van der Waals surface area contributed by atoms with Crippen LogP contribution in [-0.2, 0) is 19.1 Å². The second kappa shape index (κ2) is 34.2. The van der Waals surface area contributed by atoms with Gasteiger partial charge in [-0.1, -0.05) is 129 Å². The molecule has 0 saturated carbocycles. The van der Waals surface area contributed by atoms with Gasteiger partial charge in [0.1, 0.15) is 0 Å². The number of ether oxygens (including phenoxy) is 2. The van der Waals surface area contributed by atoms with Crippen molar-refractivity contribution in [1.82, 2.24) is 14.7 Å². The van der Waals surface area contributed by atoms with Gasteiger partial charge < -0.3 is 34.4 Å². The number of carbonyl (C=O) groups excluding carboxylic acids is 2. The number of hydrogen-bond donors (Lipinski definition) is 2. The van der Waals surface area contributed by atoms with E-state index in [-0.39, 0.29) is 13.1 Å². The molecule has 0 saturated heterocycles. The van der Waals surface area contributed by atoms with E-state index in [4.69, 9.17) is 9.47 Å². The number of aliphatic hydroxyl groups is 2. The Labute approximate surface area is 296 Å². The molecular formula is C39H79N3O6. The van der Waals surface area contributed by atoms with Crippen molar-refractivity contribution in [2.45, 2.75) is 167 Å². The van der Waals surface area contributed by atoms with E-state index in [1.807, 2.05) is 23.9 Å². The number of unbranched alkanes of at least 4 members (excludes halogenated alkanes) is 18. The van der Waals surface area contributed by atoms with Gasteiger partial charge >= 0.3 is 11.9 Å². The molecule has 0 fully saturated rings. The van der Waals surface area contributed by atoms with E-state index in [2.05, 4.69) is 25.8 Å². The third kappa shape index (κ3) is 30.8. The Morgan fingerprint density at radius 2 is 0.708 bits per heavy atom. The summed E-state index contributed by atoms with van der Waals surface area (Å²) in [7, 11) is 5.92. The number of nitrogens with zero attached hydrogens (tertiary/aromatic N) is 3. The number of carbonyl (C=O) groups is 2. The van der Waals surface area contributed by atoms with E-state index in [9.17, 15) is 19.8 Å². The topological polar surface area (TPSA) is 103 Å². The van der Waals surface area contributed by atoms with Crippen LogP contribution >= 0.6 is 0 Å². The van der Waals surface area contributed by atoms with Crippen molar-refractivity contribution in [3.05, 3.63) is 0 Å². The smallest absolute Gasteiger partial charge is 0.336 e. The molecule has 0 bridgehead atoms. The third-order valence-electron chi connectivity index (χ3n) is 9.16. The lowest BCUT2D eigenvalue weighted by Crippen LogP contribution is -2.38. The van der Waals surface area contributed by atoms with Crippen LogP contribution < -0.4 is 0 Å². The molecule has 0 spiro atoms. The van der Waals surface area contributed by atoms with Crippen LogP contribution in [0.1, 0.15) is 155 Å². The Kier molecular flexibility index (Phi) is 33.3. The molecule has 0 heterocycles. The number of hydrogen-bond acceptors (Lipinski definition) is 9. The normalized spacial score (nSPS) is 13.0. The Morgan fingerprint density at radius 1 is 0.438 bits per heavy atom. The van der Waals surface area contributed by atoms with Gasteiger partial charge in [-0.3, -0.25) is 0 Å². The largest absolute Gasteiger partial charge is 0.464 e. The summed E-state index contributed by atoms with van der Waals surface area (Å²) in [5.74, 6) is -1.04. The molecule has 48 heavy (non-hydrogen) atoms. The Hall–Kier alpha value is -1.26. The molecule has 0 aromatic rings. The molecule has 9 nitrogen and oxygen atoms in total. The fourth-order valence-electron chi connectivity index (χ4n) is 5.97. The van der Waals surface area contributed by atoms with Gasteiger partial charge in [-0.2, -0.15) is 0 Å². The van der Waals surface area contributed by atoms with Crippen molar-refractivity contribution >= 4 is 11.9 Å². The summed E-state index contributed by atoms with van der Waals surface area (Å²) in [6.45, 7) is 9.17. The van der Waals surface area contributed by atoms with E-state index in [1.165, 1.54) is 103 Å². The molecule has 0 aliphatic carbocycles. The maximum Gasteiger partial charge on any atom is 0.336 e. The van der Waals surface area contributed by atoms with Crippen LogP contribution in [0.4, 0.5) is 0 Å². The molecule has 0 aliphatic rings. The molecule has 0 rings (SSSR count). The van der Waals surface area contributed by atoms with Crippen molar-refractivity contribution < 1.29 is 29.3 Å². The van der Waals surface area contributed by atoms with Crippen molar-refractivity contribution in [2.75, 3.05) is 73.6 Å².